The standard InChI is InChI=1S/C23H27BrN4O5S/c1-34(31,32)28(20-9-7-19(24)8-10-20)16-22(29)26-25-15-18-5-11-21(12-6-18)33-17-23(30)27-13-3-2-4-14-27/h5-12,15H,2-4,13-14,16-17H2,1H3,(H,26,29)/b25-15-. The monoisotopic (exact) mass is 550 g/mol. The van der Waals surface area contributed by atoms with Gasteiger partial charge in [-0.15, -0.1) is 0 Å². The molecule has 9 nitrogen and oxygen atoms in total. The van der Waals surface area contributed by atoms with E-state index < -0.39 is 22.5 Å². The van der Waals surface area contributed by atoms with Crippen molar-refractivity contribution in [1.82, 2.24) is 10.3 Å². The molecule has 0 atom stereocenters. The predicted octanol–water partition coefficient (Wildman–Crippen LogP) is 2.76. The Morgan fingerprint density at radius 2 is 1.74 bits per heavy atom. The summed E-state index contributed by atoms with van der Waals surface area (Å²) in [5.41, 5.74) is 3.41. The molecule has 0 bridgehead atoms. The molecule has 0 spiro atoms. The number of likely N-dealkylation sites (tertiary alicyclic amines) is 1. The van der Waals surface area contributed by atoms with Crippen molar-refractivity contribution in [2.75, 3.05) is 36.8 Å². The third-order valence-corrected chi connectivity index (χ3v) is 6.83. The van der Waals surface area contributed by atoms with E-state index in [1.54, 1.807) is 48.5 Å². The minimum Gasteiger partial charge on any atom is -0.484 e. The number of carbonyl (C=O) groups is 2. The van der Waals surface area contributed by atoms with Gasteiger partial charge in [0.15, 0.2) is 6.61 Å². The van der Waals surface area contributed by atoms with Crippen LogP contribution in [0.1, 0.15) is 24.8 Å². The molecule has 0 radical (unpaired) electrons. The number of sulfonamides is 1. The SMILES string of the molecule is CS(=O)(=O)N(CC(=O)N/N=C\c1ccc(OCC(=O)N2CCCCC2)cc1)c1ccc(Br)cc1. The quantitative estimate of drug-likeness (QED) is 0.381. The summed E-state index contributed by atoms with van der Waals surface area (Å²) in [6, 6.07) is 13.5. The number of halogens is 1. The fraction of sp³-hybridized carbons (Fsp3) is 0.348. The lowest BCUT2D eigenvalue weighted by molar-refractivity contribution is -0.134. The summed E-state index contributed by atoms with van der Waals surface area (Å²) >= 11 is 3.30. The first-order valence-electron chi connectivity index (χ1n) is 10.8. The lowest BCUT2D eigenvalue weighted by atomic mass is 10.1. The number of benzene rings is 2. The molecule has 0 aromatic heterocycles. The number of amides is 2. The Balaban J connectivity index is 1.49. The molecule has 1 aliphatic rings. The average molecular weight is 551 g/mol. The van der Waals surface area contributed by atoms with Crippen LogP contribution in [0.3, 0.4) is 0 Å². The Morgan fingerprint density at radius 1 is 1.09 bits per heavy atom. The Kier molecular flexibility index (Phi) is 9.05. The molecular weight excluding hydrogens is 524 g/mol. The second kappa shape index (κ2) is 12.0. The van der Waals surface area contributed by atoms with E-state index >= 15 is 0 Å². The van der Waals surface area contributed by atoms with E-state index in [-0.39, 0.29) is 12.5 Å². The van der Waals surface area contributed by atoms with Gasteiger partial charge in [0.2, 0.25) is 10.0 Å². The van der Waals surface area contributed by atoms with Crippen molar-refractivity contribution in [1.29, 1.82) is 0 Å². The van der Waals surface area contributed by atoms with Crippen molar-refractivity contribution in [3.8, 4) is 5.75 Å². The highest BCUT2D eigenvalue weighted by Crippen LogP contribution is 2.20. The highest BCUT2D eigenvalue weighted by atomic mass is 79.9. The molecule has 34 heavy (non-hydrogen) atoms. The number of hydrogen-bond acceptors (Lipinski definition) is 6. The number of carbonyl (C=O) groups excluding carboxylic acids is 2. The third-order valence-electron chi connectivity index (χ3n) is 5.16. The van der Waals surface area contributed by atoms with Crippen molar-refractivity contribution < 1.29 is 22.7 Å². The van der Waals surface area contributed by atoms with Gasteiger partial charge < -0.3 is 9.64 Å². The molecule has 182 valence electrons. The molecule has 1 aliphatic heterocycles. The fourth-order valence-electron chi connectivity index (χ4n) is 3.38. The molecule has 1 N–H and O–H groups in total. The van der Waals surface area contributed by atoms with Crippen molar-refractivity contribution in [3.63, 3.8) is 0 Å². The fourth-order valence-corrected chi connectivity index (χ4v) is 4.50. The van der Waals surface area contributed by atoms with E-state index in [0.29, 0.717) is 17.0 Å². The first kappa shape index (κ1) is 25.7. The van der Waals surface area contributed by atoms with Crippen LogP contribution in [-0.2, 0) is 19.6 Å². The minimum atomic E-state index is -3.66. The maximum atomic E-state index is 12.3. The van der Waals surface area contributed by atoms with Crippen molar-refractivity contribution in [2.24, 2.45) is 5.10 Å². The van der Waals surface area contributed by atoms with Crippen LogP contribution in [0.25, 0.3) is 0 Å². The molecule has 11 heteroatoms. The average Bonchev–Trinajstić information content (AvgIpc) is 2.82. The Bertz CT molecular complexity index is 1120. The second-order valence-corrected chi connectivity index (χ2v) is 10.7. The number of nitrogens with one attached hydrogen (secondary N) is 1. The van der Waals surface area contributed by atoms with Gasteiger partial charge in [-0.05, 0) is 73.4 Å². The number of ether oxygens (including phenoxy) is 1. The van der Waals surface area contributed by atoms with Gasteiger partial charge in [0.25, 0.3) is 11.8 Å². The summed E-state index contributed by atoms with van der Waals surface area (Å²) in [4.78, 5) is 26.3. The third kappa shape index (κ3) is 7.84. The summed E-state index contributed by atoms with van der Waals surface area (Å²) < 4.78 is 31.6. The summed E-state index contributed by atoms with van der Waals surface area (Å²) in [5.74, 6) is -0.0371. The van der Waals surface area contributed by atoms with Crippen LogP contribution in [-0.4, -0.2) is 63.8 Å². The zero-order valence-electron chi connectivity index (χ0n) is 18.8. The van der Waals surface area contributed by atoms with Gasteiger partial charge in [-0.3, -0.25) is 13.9 Å². The Hall–Kier alpha value is -2.92. The molecule has 0 unspecified atom stereocenters. The van der Waals surface area contributed by atoms with Gasteiger partial charge in [-0.1, -0.05) is 15.9 Å². The van der Waals surface area contributed by atoms with Crippen LogP contribution >= 0.6 is 15.9 Å². The van der Waals surface area contributed by atoms with Crippen LogP contribution in [0.2, 0.25) is 0 Å². The molecule has 1 saturated heterocycles. The topological polar surface area (TPSA) is 108 Å². The summed E-state index contributed by atoms with van der Waals surface area (Å²) in [6.45, 7) is 1.16. The van der Waals surface area contributed by atoms with Crippen LogP contribution in [0.15, 0.2) is 58.1 Å². The van der Waals surface area contributed by atoms with E-state index in [2.05, 4.69) is 26.5 Å². The smallest absolute Gasteiger partial charge is 0.260 e. The van der Waals surface area contributed by atoms with Gasteiger partial charge in [-0.2, -0.15) is 5.10 Å². The van der Waals surface area contributed by atoms with Crippen LogP contribution < -0.4 is 14.5 Å². The number of hydrazone groups is 1. The Morgan fingerprint density at radius 3 is 2.35 bits per heavy atom. The van der Waals surface area contributed by atoms with Gasteiger partial charge in [0.05, 0.1) is 18.2 Å². The predicted molar refractivity (Wildman–Crippen MR) is 134 cm³/mol. The highest BCUT2D eigenvalue weighted by Gasteiger charge is 2.20. The maximum Gasteiger partial charge on any atom is 0.260 e. The van der Waals surface area contributed by atoms with E-state index in [9.17, 15) is 18.0 Å². The van der Waals surface area contributed by atoms with Crippen molar-refractivity contribution in [3.05, 3.63) is 58.6 Å². The van der Waals surface area contributed by atoms with E-state index in [1.807, 2.05) is 4.90 Å². The van der Waals surface area contributed by atoms with Gasteiger partial charge in [0.1, 0.15) is 12.3 Å². The van der Waals surface area contributed by atoms with Crippen LogP contribution in [0, 0.1) is 0 Å². The largest absolute Gasteiger partial charge is 0.484 e. The molecule has 1 fully saturated rings. The van der Waals surface area contributed by atoms with E-state index in [4.69, 9.17) is 4.74 Å². The Labute approximate surface area is 207 Å². The first-order valence-corrected chi connectivity index (χ1v) is 13.4. The molecular formula is C23H27BrN4O5S. The summed E-state index contributed by atoms with van der Waals surface area (Å²) in [5, 5.41) is 3.89. The number of nitrogens with zero attached hydrogens (tertiary/aromatic N) is 3. The molecule has 2 amide bonds. The molecule has 0 aliphatic carbocycles. The number of rotatable bonds is 9. The molecule has 1 heterocycles. The highest BCUT2D eigenvalue weighted by molar-refractivity contribution is 9.10. The number of hydrogen-bond donors (Lipinski definition) is 1. The van der Waals surface area contributed by atoms with Gasteiger partial charge >= 0.3 is 0 Å². The molecule has 3 rings (SSSR count). The van der Waals surface area contributed by atoms with Crippen LogP contribution in [0.4, 0.5) is 5.69 Å². The van der Waals surface area contributed by atoms with Crippen molar-refractivity contribution in [2.45, 2.75) is 19.3 Å². The summed E-state index contributed by atoms with van der Waals surface area (Å²) in [6.07, 6.45) is 5.70. The zero-order valence-corrected chi connectivity index (χ0v) is 21.2. The maximum absolute atomic E-state index is 12.3. The zero-order chi connectivity index (χ0) is 24.6. The van der Waals surface area contributed by atoms with Crippen molar-refractivity contribution >= 4 is 49.7 Å². The lowest BCUT2D eigenvalue weighted by Crippen LogP contribution is -2.39. The number of piperidine rings is 1. The first-order chi connectivity index (χ1) is 16.2. The minimum absolute atomic E-state index is 0.00129. The van der Waals surface area contributed by atoms with E-state index in [1.165, 1.54) is 6.21 Å². The summed E-state index contributed by atoms with van der Waals surface area (Å²) in [7, 11) is -3.66. The van der Waals surface area contributed by atoms with Crippen LogP contribution in [0.5, 0.6) is 5.75 Å². The number of anilines is 1. The normalized spacial score (nSPS) is 14.1. The second-order valence-electron chi connectivity index (χ2n) is 7.84. The molecule has 2 aromatic carbocycles. The molecule has 0 saturated carbocycles. The lowest BCUT2D eigenvalue weighted by Gasteiger charge is -2.26. The van der Waals surface area contributed by atoms with Gasteiger partial charge in [-0.25, -0.2) is 13.8 Å². The molecule has 2 aromatic rings. The van der Waals surface area contributed by atoms with E-state index in [0.717, 1.165) is 47.4 Å². The van der Waals surface area contributed by atoms with Gasteiger partial charge in [0, 0.05) is 17.6 Å².